The molecule has 2 aromatic rings. The zero-order valence-corrected chi connectivity index (χ0v) is 16.9. The van der Waals surface area contributed by atoms with E-state index < -0.39 is 10.0 Å². The second-order valence-corrected chi connectivity index (χ2v) is 9.32. The van der Waals surface area contributed by atoms with Gasteiger partial charge in [-0.3, -0.25) is 4.79 Å². The summed E-state index contributed by atoms with van der Waals surface area (Å²) >= 11 is 11.8. The number of halogens is 2. The van der Waals surface area contributed by atoms with Gasteiger partial charge >= 0.3 is 0 Å². The van der Waals surface area contributed by atoms with Crippen molar-refractivity contribution in [3.05, 3.63) is 64.1 Å². The van der Waals surface area contributed by atoms with Crippen LogP contribution in [0.2, 0.25) is 10.0 Å². The summed E-state index contributed by atoms with van der Waals surface area (Å²) in [5, 5.41) is 3.62. The van der Waals surface area contributed by atoms with E-state index in [4.69, 9.17) is 23.2 Å². The molecule has 1 amide bonds. The first-order chi connectivity index (χ1) is 12.8. The van der Waals surface area contributed by atoms with Gasteiger partial charge in [-0.25, -0.2) is 12.7 Å². The van der Waals surface area contributed by atoms with Crippen molar-refractivity contribution in [2.24, 2.45) is 5.92 Å². The minimum atomic E-state index is -3.39. The summed E-state index contributed by atoms with van der Waals surface area (Å²) in [5.41, 5.74) is 1.34. The Morgan fingerprint density at radius 3 is 2.33 bits per heavy atom. The smallest absolute Gasteiger partial charge is 0.227 e. The summed E-state index contributed by atoms with van der Waals surface area (Å²) in [6.07, 6.45) is 0.975. The fourth-order valence-electron chi connectivity index (χ4n) is 3.09. The first-order valence-corrected chi connectivity index (χ1v) is 11.0. The molecule has 1 aliphatic rings. The molecule has 1 heterocycles. The number of amides is 1. The molecule has 0 saturated carbocycles. The Kier molecular flexibility index (Phi) is 6.42. The molecule has 1 aliphatic heterocycles. The van der Waals surface area contributed by atoms with Crippen molar-refractivity contribution in [1.82, 2.24) is 4.31 Å². The van der Waals surface area contributed by atoms with Gasteiger partial charge in [-0.05, 0) is 36.6 Å². The van der Waals surface area contributed by atoms with Gasteiger partial charge in [0.2, 0.25) is 15.9 Å². The van der Waals surface area contributed by atoms with Crippen LogP contribution >= 0.6 is 23.2 Å². The maximum Gasteiger partial charge on any atom is 0.227 e. The lowest BCUT2D eigenvalue weighted by Crippen LogP contribution is -2.41. The van der Waals surface area contributed by atoms with Crippen molar-refractivity contribution in [3.63, 3.8) is 0 Å². The zero-order valence-electron chi connectivity index (χ0n) is 14.6. The standard InChI is InChI=1S/C19H20Cl2N2O3S/c20-17-7-6-16(12-18(17)21)22-19(24)15-8-10-23(11-9-15)27(25,26)13-14-4-2-1-3-5-14/h1-7,12,15H,8-11,13H2,(H,22,24). The Hall–Kier alpha value is -1.60. The Labute approximate surface area is 169 Å². The molecule has 0 unspecified atom stereocenters. The minimum Gasteiger partial charge on any atom is -0.326 e. The molecule has 0 bridgehead atoms. The number of piperidine rings is 1. The van der Waals surface area contributed by atoms with E-state index in [0.717, 1.165) is 5.56 Å². The molecule has 1 saturated heterocycles. The Bertz CT molecular complexity index is 912. The van der Waals surface area contributed by atoms with Crippen molar-refractivity contribution >= 4 is 44.8 Å². The van der Waals surface area contributed by atoms with Gasteiger partial charge in [0.15, 0.2) is 0 Å². The molecule has 1 fully saturated rings. The third kappa shape index (κ3) is 5.23. The summed E-state index contributed by atoms with van der Waals surface area (Å²) < 4.78 is 26.7. The van der Waals surface area contributed by atoms with E-state index >= 15 is 0 Å². The molecule has 0 atom stereocenters. The van der Waals surface area contributed by atoms with E-state index in [1.54, 1.807) is 30.3 Å². The summed E-state index contributed by atoms with van der Waals surface area (Å²) in [6.45, 7) is 0.684. The number of rotatable bonds is 5. The van der Waals surface area contributed by atoms with E-state index in [9.17, 15) is 13.2 Å². The Balaban J connectivity index is 1.56. The lowest BCUT2D eigenvalue weighted by atomic mass is 9.97. The van der Waals surface area contributed by atoms with Gasteiger partial charge in [0.25, 0.3) is 0 Å². The molecule has 1 N–H and O–H groups in total. The van der Waals surface area contributed by atoms with Crippen LogP contribution in [0.1, 0.15) is 18.4 Å². The molecule has 2 aromatic carbocycles. The van der Waals surface area contributed by atoms with Crippen molar-refractivity contribution in [2.45, 2.75) is 18.6 Å². The highest BCUT2D eigenvalue weighted by Gasteiger charge is 2.31. The van der Waals surface area contributed by atoms with Gasteiger partial charge in [0.05, 0.1) is 15.8 Å². The SMILES string of the molecule is O=C(Nc1ccc(Cl)c(Cl)c1)C1CCN(S(=O)(=O)Cc2ccccc2)CC1. The third-order valence-electron chi connectivity index (χ3n) is 4.60. The number of anilines is 1. The topological polar surface area (TPSA) is 66.5 Å². The normalized spacial score (nSPS) is 16.2. The van der Waals surface area contributed by atoms with Crippen molar-refractivity contribution in [2.75, 3.05) is 18.4 Å². The minimum absolute atomic E-state index is 0.0199. The number of hydrogen-bond donors (Lipinski definition) is 1. The van der Waals surface area contributed by atoms with E-state index in [1.807, 2.05) is 18.2 Å². The number of carbonyl (C=O) groups excluding carboxylic acids is 1. The van der Waals surface area contributed by atoms with Gasteiger partial charge < -0.3 is 5.32 Å². The van der Waals surface area contributed by atoms with Crippen molar-refractivity contribution in [3.8, 4) is 0 Å². The Morgan fingerprint density at radius 1 is 1.04 bits per heavy atom. The van der Waals surface area contributed by atoms with Gasteiger partial charge in [-0.15, -0.1) is 0 Å². The number of nitrogens with one attached hydrogen (secondary N) is 1. The monoisotopic (exact) mass is 426 g/mol. The molecule has 0 spiro atoms. The van der Waals surface area contributed by atoms with Crippen LogP contribution in [0.4, 0.5) is 5.69 Å². The molecule has 144 valence electrons. The second kappa shape index (κ2) is 8.61. The lowest BCUT2D eigenvalue weighted by Gasteiger charge is -2.30. The first kappa shape index (κ1) is 20.1. The molecular weight excluding hydrogens is 407 g/mol. The second-order valence-electron chi connectivity index (χ2n) is 6.53. The molecular formula is C19H20Cl2N2O3S. The number of benzene rings is 2. The molecule has 0 radical (unpaired) electrons. The summed E-state index contributed by atoms with van der Waals surface area (Å²) in [5.74, 6) is -0.385. The molecule has 0 aliphatic carbocycles. The van der Waals surface area contributed by atoms with E-state index in [-0.39, 0.29) is 17.6 Å². The predicted octanol–water partition coefficient (Wildman–Crippen LogP) is 4.17. The average molecular weight is 427 g/mol. The maximum atomic E-state index is 12.6. The quantitative estimate of drug-likeness (QED) is 0.779. The fraction of sp³-hybridized carbons (Fsp3) is 0.316. The number of carbonyl (C=O) groups is 1. The van der Waals surface area contributed by atoms with Gasteiger partial charge in [0, 0.05) is 24.7 Å². The summed E-state index contributed by atoms with van der Waals surface area (Å²) in [7, 11) is -3.39. The Morgan fingerprint density at radius 2 is 1.70 bits per heavy atom. The number of hydrogen-bond acceptors (Lipinski definition) is 3. The van der Waals surface area contributed by atoms with Gasteiger partial charge in [-0.1, -0.05) is 53.5 Å². The van der Waals surface area contributed by atoms with E-state index in [0.29, 0.717) is 41.7 Å². The lowest BCUT2D eigenvalue weighted by molar-refractivity contribution is -0.120. The number of nitrogens with zero attached hydrogens (tertiary/aromatic N) is 1. The van der Waals surface area contributed by atoms with Crippen LogP contribution in [0, 0.1) is 5.92 Å². The molecule has 5 nitrogen and oxygen atoms in total. The van der Waals surface area contributed by atoms with Crippen LogP contribution in [-0.2, 0) is 20.6 Å². The maximum absolute atomic E-state index is 12.6. The van der Waals surface area contributed by atoms with Crippen LogP contribution in [0.3, 0.4) is 0 Å². The molecule has 3 rings (SSSR count). The van der Waals surface area contributed by atoms with Gasteiger partial charge in [-0.2, -0.15) is 0 Å². The first-order valence-electron chi connectivity index (χ1n) is 8.63. The van der Waals surface area contributed by atoms with E-state index in [1.165, 1.54) is 4.31 Å². The summed E-state index contributed by atoms with van der Waals surface area (Å²) in [6, 6.07) is 14.0. The number of sulfonamides is 1. The van der Waals surface area contributed by atoms with Crippen LogP contribution in [-0.4, -0.2) is 31.7 Å². The summed E-state index contributed by atoms with van der Waals surface area (Å²) in [4.78, 5) is 12.5. The van der Waals surface area contributed by atoms with Crippen LogP contribution in [0.5, 0.6) is 0 Å². The third-order valence-corrected chi connectivity index (χ3v) is 7.19. The highest BCUT2D eigenvalue weighted by Crippen LogP contribution is 2.27. The largest absolute Gasteiger partial charge is 0.326 e. The molecule has 8 heteroatoms. The van der Waals surface area contributed by atoms with Crippen LogP contribution in [0.25, 0.3) is 0 Å². The molecule has 27 heavy (non-hydrogen) atoms. The van der Waals surface area contributed by atoms with Crippen LogP contribution in [0.15, 0.2) is 48.5 Å². The predicted molar refractivity (Wildman–Crippen MR) is 108 cm³/mol. The molecule has 0 aromatic heterocycles. The van der Waals surface area contributed by atoms with Crippen LogP contribution < -0.4 is 5.32 Å². The van der Waals surface area contributed by atoms with E-state index in [2.05, 4.69) is 5.32 Å². The average Bonchev–Trinajstić information content (AvgIpc) is 2.65. The highest BCUT2D eigenvalue weighted by molar-refractivity contribution is 7.88. The van der Waals surface area contributed by atoms with Crippen molar-refractivity contribution < 1.29 is 13.2 Å². The van der Waals surface area contributed by atoms with Gasteiger partial charge in [0.1, 0.15) is 0 Å². The highest BCUT2D eigenvalue weighted by atomic mass is 35.5. The fourth-order valence-corrected chi connectivity index (χ4v) is 4.95. The van der Waals surface area contributed by atoms with Crippen molar-refractivity contribution in [1.29, 1.82) is 0 Å². The zero-order chi connectivity index (χ0) is 19.4.